The Labute approximate surface area is 128 Å². The quantitative estimate of drug-likeness (QED) is 0.645. The number of thioether (sulfide) groups is 1. The van der Waals surface area contributed by atoms with Gasteiger partial charge in [0.05, 0.1) is 11.1 Å². The van der Waals surface area contributed by atoms with Crippen molar-refractivity contribution in [2.75, 3.05) is 5.75 Å². The van der Waals surface area contributed by atoms with Crippen LogP contribution in [0.4, 0.5) is 13.2 Å². The van der Waals surface area contributed by atoms with E-state index >= 15 is 0 Å². The van der Waals surface area contributed by atoms with Gasteiger partial charge in [0.25, 0.3) is 0 Å². The summed E-state index contributed by atoms with van der Waals surface area (Å²) >= 11 is 0.626. The molecule has 22 heavy (non-hydrogen) atoms. The zero-order valence-corrected chi connectivity index (χ0v) is 12.3. The van der Waals surface area contributed by atoms with E-state index in [2.05, 4.69) is 10.1 Å². The number of benzene rings is 1. The Hall–Kier alpha value is -2.02. The molecule has 7 heteroatoms. The van der Waals surface area contributed by atoms with Crippen molar-refractivity contribution in [2.24, 2.45) is 0 Å². The zero-order chi connectivity index (χ0) is 15.7. The van der Waals surface area contributed by atoms with Crippen LogP contribution >= 0.6 is 11.8 Å². The number of alkyl halides is 3. The average molecular weight is 324 g/mol. The van der Waals surface area contributed by atoms with E-state index in [1.807, 2.05) is 19.1 Å². The average Bonchev–Trinajstić information content (AvgIpc) is 2.88. The van der Waals surface area contributed by atoms with Gasteiger partial charge in [-0.2, -0.15) is 13.2 Å². The molecule has 0 fully saturated rings. The predicted octanol–water partition coefficient (Wildman–Crippen LogP) is 4.85. The summed E-state index contributed by atoms with van der Waals surface area (Å²) in [6, 6.07) is 7.19. The maximum atomic E-state index is 12.4. The van der Waals surface area contributed by atoms with Crippen molar-refractivity contribution >= 4 is 22.7 Å². The summed E-state index contributed by atoms with van der Waals surface area (Å²) in [6.45, 7) is 1.94. The Morgan fingerprint density at radius 3 is 2.73 bits per heavy atom. The number of hydrogen-bond acceptors (Lipinski definition) is 4. The van der Waals surface area contributed by atoms with Gasteiger partial charge in [0.2, 0.25) is 0 Å². The molecule has 0 saturated heterocycles. The van der Waals surface area contributed by atoms with E-state index < -0.39 is 11.9 Å². The maximum Gasteiger partial charge on any atom is 0.398 e. The number of hydrogen-bond donors (Lipinski definition) is 0. The Bertz CT molecular complexity index is 814. The second kappa shape index (κ2) is 5.64. The number of pyridine rings is 1. The molecule has 0 N–H and O–H groups in total. The fourth-order valence-electron chi connectivity index (χ4n) is 2.15. The van der Waals surface area contributed by atoms with Gasteiger partial charge in [-0.3, -0.25) is 4.98 Å². The van der Waals surface area contributed by atoms with Crippen molar-refractivity contribution in [1.29, 1.82) is 0 Å². The molecule has 3 nitrogen and oxygen atoms in total. The molecule has 0 atom stereocenters. The number of aromatic nitrogens is 2. The van der Waals surface area contributed by atoms with Gasteiger partial charge in [-0.25, -0.2) is 0 Å². The number of fused-ring (bicyclic) bond motifs is 1. The SMILES string of the molecule is Cc1ccncc1-c1cccc2c(SCC(F)(F)F)noc12. The molecule has 1 aromatic carbocycles. The van der Waals surface area contributed by atoms with Crippen LogP contribution in [0.15, 0.2) is 46.2 Å². The lowest BCUT2D eigenvalue weighted by molar-refractivity contribution is -0.105. The van der Waals surface area contributed by atoms with E-state index in [1.54, 1.807) is 24.5 Å². The molecule has 3 aromatic rings. The third-order valence-electron chi connectivity index (χ3n) is 3.17. The van der Waals surface area contributed by atoms with Crippen LogP contribution in [0.1, 0.15) is 5.56 Å². The molecule has 0 radical (unpaired) electrons. The fourth-order valence-corrected chi connectivity index (χ4v) is 2.86. The molecular formula is C15H11F3N2OS. The van der Waals surface area contributed by atoms with Crippen LogP contribution in [-0.4, -0.2) is 22.1 Å². The number of rotatable bonds is 3. The van der Waals surface area contributed by atoms with E-state index in [-0.39, 0.29) is 5.03 Å². The highest BCUT2D eigenvalue weighted by molar-refractivity contribution is 7.99. The van der Waals surface area contributed by atoms with Crippen LogP contribution in [0.2, 0.25) is 0 Å². The van der Waals surface area contributed by atoms with Crippen LogP contribution in [0.5, 0.6) is 0 Å². The van der Waals surface area contributed by atoms with Crippen molar-refractivity contribution in [2.45, 2.75) is 18.1 Å². The Morgan fingerprint density at radius 1 is 1.18 bits per heavy atom. The third kappa shape index (κ3) is 2.94. The first-order chi connectivity index (χ1) is 10.5. The summed E-state index contributed by atoms with van der Waals surface area (Å²) in [7, 11) is 0. The smallest absolute Gasteiger partial charge is 0.354 e. The van der Waals surface area contributed by atoms with Crippen LogP contribution < -0.4 is 0 Å². The molecular weight excluding hydrogens is 313 g/mol. The molecule has 0 aliphatic carbocycles. The minimum Gasteiger partial charge on any atom is -0.354 e. The molecule has 0 bridgehead atoms. The highest BCUT2D eigenvalue weighted by atomic mass is 32.2. The van der Waals surface area contributed by atoms with Gasteiger partial charge < -0.3 is 4.52 Å². The lowest BCUT2D eigenvalue weighted by atomic mass is 10.0. The standard InChI is InChI=1S/C15H11F3N2OS/c1-9-5-6-19-7-12(9)10-3-2-4-11-13(10)21-20-14(11)22-8-15(16,17)18/h2-7H,8H2,1H3. The van der Waals surface area contributed by atoms with Crippen molar-refractivity contribution in [3.63, 3.8) is 0 Å². The first kappa shape index (κ1) is 14.9. The molecule has 0 aliphatic rings. The highest BCUT2D eigenvalue weighted by Gasteiger charge is 2.28. The van der Waals surface area contributed by atoms with E-state index in [1.165, 1.54) is 0 Å². The van der Waals surface area contributed by atoms with Crippen molar-refractivity contribution in [3.05, 3.63) is 42.2 Å². The fraction of sp³-hybridized carbons (Fsp3) is 0.200. The second-order valence-electron chi connectivity index (χ2n) is 4.76. The van der Waals surface area contributed by atoms with E-state index in [4.69, 9.17) is 4.52 Å². The van der Waals surface area contributed by atoms with E-state index in [0.717, 1.165) is 16.7 Å². The summed E-state index contributed by atoms with van der Waals surface area (Å²) in [6.07, 6.45) is -0.855. The minimum atomic E-state index is -4.24. The van der Waals surface area contributed by atoms with Crippen molar-refractivity contribution in [3.8, 4) is 11.1 Å². The van der Waals surface area contributed by atoms with Gasteiger partial charge in [0, 0.05) is 23.5 Å². The number of aryl methyl sites for hydroxylation is 1. The zero-order valence-electron chi connectivity index (χ0n) is 11.5. The van der Waals surface area contributed by atoms with Crippen LogP contribution in [0.3, 0.4) is 0 Å². The number of nitrogens with zero attached hydrogens (tertiary/aromatic N) is 2. The first-order valence-corrected chi connectivity index (χ1v) is 7.43. The Kier molecular flexibility index (Phi) is 3.82. The Morgan fingerprint density at radius 2 is 2.00 bits per heavy atom. The third-order valence-corrected chi connectivity index (χ3v) is 4.21. The molecule has 2 aromatic heterocycles. The molecule has 3 rings (SSSR count). The normalized spacial score (nSPS) is 12.0. The van der Waals surface area contributed by atoms with Gasteiger partial charge in [0.15, 0.2) is 5.58 Å². The monoisotopic (exact) mass is 324 g/mol. The molecule has 114 valence electrons. The number of halogens is 3. The van der Waals surface area contributed by atoms with Crippen molar-refractivity contribution in [1.82, 2.24) is 10.1 Å². The predicted molar refractivity (Wildman–Crippen MR) is 78.8 cm³/mol. The van der Waals surface area contributed by atoms with Gasteiger partial charge in [-0.15, -0.1) is 0 Å². The van der Waals surface area contributed by atoms with Crippen LogP contribution in [-0.2, 0) is 0 Å². The van der Waals surface area contributed by atoms with E-state index in [0.29, 0.717) is 22.7 Å². The first-order valence-electron chi connectivity index (χ1n) is 6.44. The topological polar surface area (TPSA) is 38.9 Å². The molecule has 0 aliphatic heterocycles. The molecule has 0 unspecified atom stereocenters. The molecule has 2 heterocycles. The van der Waals surface area contributed by atoms with Crippen LogP contribution in [0, 0.1) is 6.92 Å². The molecule has 0 spiro atoms. The Balaban J connectivity index is 2.05. The van der Waals surface area contributed by atoms with Gasteiger partial charge in [-0.05, 0) is 24.6 Å². The van der Waals surface area contributed by atoms with Gasteiger partial charge >= 0.3 is 6.18 Å². The van der Waals surface area contributed by atoms with Crippen molar-refractivity contribution < 1.29 is 17.7 Å². The lowest BCUT2D eigenvalue weighted by Crippen LogP contribution is -2.10. The molecule has 0 saturated carbocycles. The molecule has 0 amide bonds. The summed E-state index contributed by atoms with van der Waals surface area (Å²) in [5.41, 5.74) is 3.12. The minimum absolute atomic E-state index is 0.246. The summed E-state index contributed by atoms with van der Waals surface area (Å²) in [4.78, 5) is 4.09. The maximum absolute atomic E-state index is 12.4. The lowest BCUT2D eigenvalue weighted by Gasteiger charge is -2.05. The second-order valence-corrected chi connectivity index (χ2v) is 5.73. The van der Waals surface area contributed by atoms with Gasteiger partial charge in [0.1, 0.15) is 5.03 Å². The van der Waals surface area contributed by atoms with Crippen LogP contribution in [0.25, 0.3) is 22.1 Å². The van der Waals surface area contributed by atoms with E-state index in [9.17, 15) is 13.2 Å². The summed E-state index contributed by atoms with van der Waals surface area (Å²) < 4.78 is 42.4. The summed E-state index contributed by atoms with van der Waals surface area (Å²) in [5.74, 6) is -0.995. The highest BCUT2D eigenvalue weighted by Crippen LogP contribution is 2.36. The number of para-hydroxylation sites is 1. The van der Waals surface area contributed by atoms with Gasteiger partial charge in [-0.1, -0.05) is 29.1 Å². The summed E-state index contributed by atoms with van der Waals surface area (Å²) in [5, 5.41) is 4.61. The largest absolute Gasteiger partial charge is 0.398 e.